The summed E-state index contributed by atoms with van der Waals surface area (Å²) in [5.41, 5.74) is 0.916. The normalized spacial score (nSPS) is 19.2. The molecule has 41 heavy (non-hydrogen) atoms. The van der Waals surface area contributed by atoms with Crippen LogP contribution in [0.25, 0.3) is 22.2 Å². The summed E-state index contributed by atoms with van der Waals surface area (Å²) in [6.07, 6.45) is -1.27. The predicted octanol–water partition coefficient (Wildman–Crippen LogP) is 5.59. The smallest absolute Gasteiger partial charge is 0.395 e. The number of nitrogens with zero attached hydrogens (tertiary/aromatic N) is 4. The van der Waals surface area contributed by atoms with E-state index in [4.69, 9.17) is 42.4 Å². The molecule has 0 unspecified atom stereocenters. The van der Waals surface area contributed by atoms with Crippen molar-refractivity contribution < 1.29 is 32.2 Å². The minimum absolute atomic E-state index is 0.103. The number of alkyl halides is 3. The zero-order chi connectivity index (χ0) is 29.5. The van der Waals surface area contributed by atoms with E-state index >= 15 is 0 Å². The summed E-state index contributed by atoms with van der Waals surface area (Å²) in [6.45, 7) is 3.68. The Bertz CT molecular complexity index is 1470. The van der Waals surface area contributed by atoms with Gasteiger partial charge in [-0.3, -0.25) is 4.79 Å². The summed E-state index contributed by atoms with van der Waals surface area (Å²) < 4.78 is 56.4. The van der Waals surface area contributed by atoms with Gasteiger partial charge in [0.15, 0.2) is 11.6 Å². The molecule has 2 aliphatic heterocycles. The standard InChI is InChI=1S/C27H26Cl2F3N5O4/c1-4-16(38)5-14-11-41-12-18(14)35-26-33-8-13-6-17(21-22(28)19(39-2)7-20(40-3)23(21)29)34-25(24(13)36-26)37-9-15(10-37)27(30,31)32/h4,6-8,14-15,18H,1,5,9-12H2,2-3H3,(H,33,35,36)/t14-,18+/m0/s1. The van der Waals surface area contributed by atoms with Crippen LogP contribution in [0.15, 0.2) is 31.0 Å². The third-order valence-electron chi connectivity index (χ3n) is 7.23. The molecule has 2 atom stereocenters. The van der Waals surface area contributed by atoms with Crippen LogP contribution in [-0.2, 0) is 9.53 Å². The number of anilines is 2. The minimum Gasteiger partial charge on any atom is -0.495 e. The summed E-state index contributed by atoms with van der Waals surface area (Å²) in [5, 5.41) is 4.03. The van der Waals surface area contributed by atoms with Crippen molar-refractivity contribution in [3.8, 4) is 22.8 Å². The number of aromatic nitrogens is 3. The molecule has 2 fully saturated rings. The van der Waals surface area contributed by atoms with Crippen molar-refractivity contribution in [3.05, 3.63) is 41.0 Å². The van der Waals surface area contributed by atoms with Gasteiger partial charge in [-0.05, 0) is 12.1 Å². The molecule has 4 heterocycles. The molecule has 218 valence electrons. The summed E-state index contributed by atoms with van der Waals surface area (Å²) in [7, 11) is 2.87. The van der Waals surface area contributed by atoms with Crippen LogP contribution in [0.3, 0.4) is 0 Å². The highest BCUT2D eigenvalue weighted by molar-refractivity contribution is 6.41. The first-order valence-corrected chi connectivity index (χ1v) is 13.4. The van der Waals surface area contributed by atoms with Crippen LogP contribution in [-0.4, -0.2) is 73.5 Å². The number of halogens is 5. The molecule has 0 aliphatic carbocycles. The Hall–Kier alpha value is -3.35. The molecule has 0 spiro atoms. The second kappa shape index (κ2) is 11.5. The van der Waals surface area contributed by atoms with Crippen molar-refractivity contribution >= 4 is 51.7 Å². The summed E-state index contributed by atoms with van der Waals surface area (Å²) in [4.78, 5) is 27.2. The summed E-state index contributed by atoms with van der Waals surface area (Å²) in [5.74, 6) is -0.696. The van der Waals surface area contributed by atoms with Crippen molar-refractivity contribution in [1.82, 2.24) is 15.0 Å². The highest BCUT2D eigenvalue weighted by Crippen LogP contribution is 2.47. The van der Waals surface area contributed by atoms with Gasteiger partial charge in [0.1, 0.15) is 17.0 Å². The van der Waals surface area contributed by atoms with E-state index in [0.717, 1.165) is 0 Å². The molecule has 1 aromatic carbocycles. The lowest BCUT2D eigenvalue weighted by Crippen LogP contribution is -2.53. The number of benzene rings is 1. The van der Waals surface area contributed by atoms with Crippen LogP contribution >= 0.6 is 23.2 Å². The van der Waals surface area contributed by atoms with E-state index in [2.05, 4.69) is 21.9 Å². The van der Waals surface area contributed by atoms with Gasteiger partial charge in [0, 0.05) is 48.6 Å². The molecule has 0 amide bonds. The van der Waals surface area contributed by atoms with Gasteiger partial charge in [0.2, 0.25) is 5.95 Å². The number of fused-ring (bicyclic) bond motifs is 1. The Morgan fingerprint density at radius 2 is 1.85 bits per heavy atom. The number of rotatable bonds is 9. The molecular formula is C27H26Cl2F3N5O4. The third kappa shape index (κ3) is 5.73. The van der Waals surface area contributed by atoms with Gasteiger partial charge >= 0.3 is 6.18 Å². The van der Waals surface area contributed by atoms with E-state index in [0.29, 0.717) is 29.7 Å². The quantitative estimate of drug-likeness (QED) is 0.311. The van der Waals surface area contributed by atoms with Gasteiger partial charge in [0.05, 0.1) is 55.1 Å². The maximum Gasteiger partial charge on any atom is 0.395 e. The molecule has 1 N–H and O–H groups in total. The van der Waals surface area contributed by atoms with E-state index in [9.17, 15) is 18.0 Å². The number of ketones is 1. The number of pyridine rings is 1. The maximum atomic E-state index is 13.4. The lowest BCUT2D eigenvalue weighted by Gasteiger charge is -2.41. The fourth-order valence-corrected chi connectivity index (χ4v) is 5.57. The van der Waals surface area contributed by atoms with Gasteiger partial charge in [-0.15, -0.1) is 0 Å². The van der Waals surface area contributed by atoms with Crippen LogP contribution in [0.1, 0.15) is 6.42 Å². The molecule has 0 bridgehead atoms. The van der Waals surface area contributed by atoms with Crippen molar-refractivity contribution in [2.75, 3.05) is 50.7 Å². The molecular weight excluding hydrogens is 586 g/mol. The molecule has 14 heteroatoms. The highest BCUT2D eigenvalue weighted by Gasteiger charge is 2.48. The molecule has 0 radical (unpaired) electrons. The van der Waals surface area contributed by atoms with Crippen LogP contribution < -0.4 is 19.7 Å². The number of nitrogens with one attached hydrogen (secondary N) is 1. The zero-order valence-corrected chi connectivity index (χ0v) is 23.6. The highest BCUT2D eigenvalue weighted by atomic mass is 35.5. The average molecular weight is 612 g/mol. The fraction of sp³-hybridized carbons (Fsp3) is 0.407. The predicted molar refractivity (Wildman–Crippen MR) is 149 cm³/mol. The van der Waals surface area contributed by atoms with E-state index in [1.165, 1.54) is 31.3 Å². The topological polar surface area (TPSA) is 98.7 Å². The van der Waals surface area contributed by atoms with Gasteiger partial charge in [-0.1, -0.05) is 29.8 Å². The number of ether oxygens (including phenoxy) is 3. The molecule has 2 aromatic heterocycles. The van der Waals surface area contributed by atoms with Crippen LogP contribution in [0.4, 0.5) is 24.9 Å². The van der Waals surface area contributed by atoms with Crippen LogP contribution in [0.5, 0.6) is 11.5 Å². The van der Waals surface area contributed by atoms with Gasteiger partial charge < -0.3 is 24.4 Å². The minimum atomic E-state index is -4.33. The average Bonchev–Trinajstić information content (AvgIpc) is 3.33. The SMILES string of the molecule is C=CC(=O)C[C@H]1COC[C@H]1Nc1ncc2cc(-c3c(Cl)c(OC)cc(OC)c3Cl)nc(N3CC(C(F)(F)F)C3)c2n1. The Labute approximate surface area is 243 Å². The Balaban J connectivity index is 1.58. The van der Waals surface area contributed by atoms with E-state index in [-0.39, 0.29) is 76.3 Å². The van der Waals surface area contributed by atoms with Crippen molar-refractivity contribution in [2.24, 2.45) is 11.8 Å². The Kier molecular flexibility index (Phi) is 8.18. The van der Waals surface area contributed by atoms with Crippen molar-refractivity contribution in [1.29, 1.82) is 0 Å². The molecule has 3 aromatic rings. The number of carbonyl (C=O) groups is 1. The van der Waals surface area contributed by atoms with E-state index < -0.39 is 12.1 Å². The van der Waals surface area contributed by atoms with Gasteiger partial charge in [-0.2, -0.15) is 13.2 Å². The molecule has 9 nitrogen and oxygen atoms in total. The maximum absolute atomic E-state index is 13.4. The number of hydrogen-bond acceptors (Lipinski definition) is 9. The molecule has 2 aliphatic rings. The first-order valence-electron chi connectivity index (χ1n) is 12.6. The Morgan fingerprint density at radius 3 is 2.46 bits per heavy atom. The van der Waals surface area contributed by atoms with Gasteiger partial charge in [-0.25, -0.2) is 15.0 Å². The van der Waals surface area contributed by atoms with Crippen LogP contribution in [0, 0.1) is 11.8 Å². The first kappa shape index (κ1) is 29.2. The summed E-state index contributed by atoms with van der Waals surface area (Å²) >= 11 is 13.2. The van der Waals surface area contributed by atoms with Crippen molar-refractivity contribution in [2.45, 2.75) is 18.6 Å². The number of allylic oxidation sites excluding steroid dienone is 1. The first-order chi connectivity index (χ1) is 19.5. The Morgan fingerprint density at radius 1 is 1.17 bits per heavy atom. The fourth-order valence-electron chi connectivity index (χ4n) is 4.88. The monoisotopic (exact) mass is 611 g/mol. The second-order valence-electron chi connectivity index (χ2n) is 9.81. The number of hydrogen-bond donors (Lipinski definition) is 1. The molecule has 5 rings (SSSR count). The lowest BCUT2D eigenvalue weighted by molar-refractivity contribution is -0.180. The molecule has 0 saturated carbocycles. The number of methoxy groups -OCH3 is 2. The zero-order valence-electron chi connectivity index (χ0n) is 22.1. The van der Waals surface area contributed by atoms with E-state index in [1.54, 1.807) is 12.3 Å². The van der Waals surface area contributed by atoms with Crippen LogP contribution in [0.2, 0.25) is 10.0 Å². The summed E-state index contributed by atoms with van der Waals surface area (Å²) in [6, 6.07) is 2.94. The lowest BCUT2D eigenvalue weighted by atomic mass is 9.97. The van der Waals surface area contributed by atoms with Crippen molar-refractivity contribution in [3.63, 3.8) is 0 Å². The second-order valence-corrected chi connectivity index (χ2v) is 10.6. The largest absolute Gasteiger partial charge is 0.495 e. The van der Waals surface area contributed by atoms with Gasteiger partial charge in [0.25, 0.3) is 0 Å². The number of carbonyl (C=O) groups excluding carboxylic acids is 1. The molecule has 2 saturated heterocycles. The third-order valence-corrected chi connectivity index (χ3v) is 7.98. The van der Waals surface area contributed by atoms with E-state index in [1.807, 2.05) is 0 Å².